The highest BCUT2D eigenvalue weighted by molar-refractivity contribution is 5.83. The van der Waals surface area contributed by atoms with E-state index in [0.29, 0.717) is 12.0 Å². The van der Waals surface area contributed by atoms with E-state index in [1.165, 1.54) is 17.2 Å². The van der Waals surface area contributed by atoms with Gasteiger partial charge in [0.05, 0.1) is 19.1 Å². The summed E-state index contributed by atoms with van der Waals surface area (Å²) in [6.07, 6.45) is 0.521. The number of hydrogen-bond donors (Lipinski definition) is 1. The number of benzene rings is 1. The number of nitrogens with one attached hydrogen (secondary N) is 1. The number of likely N-dealkylation sites (tertiary alicyclic amines) is 1. The quantitative estimate of drug-likeness (QED) is 0.681. The number of rotatable bonds is 4. The lowest BCUT2D eigenvalue weighted by molar-refractivity contribution is 0.0231. The predicted octanol–water partition coefficient (Wildman–Crippen LogP) is 4.46. The number of hydrazone groups is 1. The molecule has 1 aromatic carbocycles. The van der Waals surface area contributed by atoms with Crippen LogP contribution in [-0.4, -0.2) is 58.0 Å². The van der Waals surface area contributed by atoms with Gasteiger partial charge >= 0.3 is 12.1 Å². The second-order valence-corrected chi connectivity index (χ2v) is 9.13. The number of urea groups is 1. The van der Waals surface area contributed by atoms with Crippen molar-refractivity contribution >= 4 is 24.2 Å². The zero-order valence-corrected chi connectivity index (χ0v) is 19.3. The first-order valence-corrected chi connectivity index (χ1v) is 10.9. The van der Waals surface area contributed by atoms with Crippen molar-refractivity contribution < 1.29 is 32.2 Å². The SMILES string of the molecule is CC(C)(C)OC(=O)Nc1ccc(F)c(OC2CN(C(=O)N3N=CC[C@H]3c3cc(F)cc(F)c3)C2)n1. The maximum atomic E-state index is 14.2. The Bertz CT molecular complexity index is 1140. The molecule has 186 valence electrons. The second kappa shape index (κ2) is 9.43. The van der Waals surface area contributed by atoms with Gasteiger partial charge in [0, 0.05) is 18.7 Å². The molecule has 0 bridgehead atoms. The molecule has 0 spiro atoms. The number of anilines is 1. The van der Waals surface area contributed by atoms with Gasteiger partial charge in [0.15, 0.2) is 5.82 Å². The molecule has 3 heterocycles. The standard InChI is InChI=1S/C23H24F3N5O4/c1-23(2,3)35-21(32)29-19-5-4-17(26)20(28-19)34-16-11-30(12-16)22(33)31-18(6-7-27-31)13-8-14(24)10-15(25)9-13/h4-5,7-10,16,18H,6,11-12H2,1-3H3,(H,28,29,32)/t18-/m0/s1. The number of hydrogen-bond acceptors (Lipinski definition) is 6. The minimum Gasteiger partial charge on any atom is -0.468 e. The summed E-state index contributed by atoms with van der Waals surface area (Å²) in [5, 5.41) is 7.62. The van der Waals surface area contributed by atoms with Gasteiger partial charge in [-0.3, -0.25) is 5.32 Å². The molecule has 1 aromatic heterocycles. The van der Waals surface area contributed by atoms with Gasteiger partial charge in [0.1, 0.15) is 29.2 Å². The van der Waals surface area contributed by atoms with E-state index in [-0.39, 0.29) is 24.8 Å². The molecule has 1 N–H and O–H groups in total. The largest absolute Gasteiger partial charge is 0.468 e. The first-order valence-electron chi connectivity index (χ1n) is 10.9. The second-order valence-electron chi connectivity index (χ2n) is 9.13. The minimum absolute atomic E-state index is 0.0412. The summed E-state index contributed by atoms with van der Waals surface area (Å²) in [5.74, 6) is -2.51. The van der Waals surface area contributed by atoms with Crippen LogP contribution in [0.2, 0.25) is 0 Å². The van der Waals surface area contributed by atoms with Gasteiger partial charge in [-0.2, -0.15) is 10.1 Å². The highest BCUT2D eigenvalue weighted by atomic mass is 19.1. The third-order valence-electron chi connectivity index (χ3n) is 5.14. The molecule has 1 fully saturated rings. The van der Waals surface area contributed by atoms with Crippen molar-refractivity contribution in [2.45, 2.75) is 44.9 Å². The van der Waals surface area contributed by atoms with Crippen molar-refractivity contribution in [3.8, 4) is 5.88 Å². The Morgan fingerprint density at radius 2 is 1.77 bits per heavy atom. The third kappa shape index (κ3) is 5.81. The van der Waals surface area contributed by atoms with E-state index in [9.17, 15) is 22.8 Å². The lowest BCUT2D eigenvalue weighted by Crippen LogP contribution is -2.59. The van der Waals surface area contributed by atoms with E-state index in [4.69, 9.17) is 9.47 Å². The molecule has 2 aliphatic rings. The van der Waals surface area contributed by atoms with E-state index in [1.54, 1.807) is 20.8 Å². The van der Waals surface area contributed by atoms with Crippen LogP contribution < -0.4 is 10.1 Å². The third-order valence-corrected chi connectivity index (χ3v) is 5.14. The monoisotopic (exact) mass is 491 g/mol. The average molecular weight is 491 g/mol. The van der Waals surface area contributed by atoms with Crippen LogP contribution in [0.25, 0.3) is 0 Å². The summed E-state index contributed by atoms with van der Waals surface area (Å²) in [4.78, 5) is 30.2. The highest BCUT2D eigenvalue weighted by Crippen LogP contribution is 2.31. The Kier molecular flexibility index (Phi) is 6.55. The molecular formula is C23H24F3N5O4. The van der Waals surface area contributed by atoms with Gasteiger partial charge < -0.3 is 14.4 Å². The molecule has 1 saturated heterocycles. The first-order chi connectivity index (χ1) is 16.5. The van der Waals surface area contributed by atoms with Crippen molar-refractivity contribution in [2.75, 3.05) is 18.4 Å². The molecular weight excluding hydrogens is 467 g/mol. The lowest BCUT2D eigenvalue weighted by Gasteiger charge is -2.40. The molecule has 9 nitrogen and oxygen atoms in total. The number of halogens is 3. The Labute approximate surface area is 199 Å². The number of carbonyl (C=O) groups is 2. The summed E-state index contributed by atoms with van der Waals surface area (Å²) >= 11 is 0. The van der Waals surface area contributed by atoms with Crippen molar-refractivity contribution in [3.05, 3.63) is 53.3 Å². The van der Waals surface area contributed by atoms with Gasteiger partial charge in [-0.05, 0) is 50.6 Å². The molecule has 2 aromatic rings. The summed E-state index contributed by atoms with van der Waals surface area (Å²) in [5.41, 5.74) is -0.422. The molecule has 3 amide bonds. The average Bonchev–Trinajstić information content (AvgIpc) is 3.20. The van der Waals surface area contributed by atoms with Crippen LogP contribution in [0.5, 0.6) is 5.88 Å². The van der Waals surface area contributed by atoms with Gasteiger partial charge in [-0.1, -0.05) is 0 Å². The molecule has 2 aliphatic heterocycles. The fraction of sp³-hybridized carbons (Fsp3) is 0.391. The van der Waals surface area contributed by atoms with Crippen LogP contribution in [0.1, 0.15) is 38.8 Å². The van der Waals surface area contributed by atoms with Crippen LogP contribution in [0.4, 0.5) is 28.6 Å². The van der Waals surface area contributed by atoms with Crippen molar-refractivity contribution in [2.24, 2.45) is 5.10 Å². The fourth-order valence-electron chi connectivity index (χ4n) is 3.60. The highest BCUT2D eigenvalue weighted by Gasteiger charge is 2.39. The van der Waals surface area contributed by atoms with E-state index in [2.05, 4.69) is 15.4 Å². The van der Waals surface area contributed by atoms with E-state index >= 15 is 0 Å². The molecule has 4 rings (SSSR count). The number of pyridine rings is 1. The number of amides is 3. The molecule has 12 heteroatoms. The minimum atomic E-state index is -0.748. The summed E-state index contributed by atoms with van der Waals surface area (Å²) in [6.45, 7) is 5.36. The van der Waals surface area contributed by atoms with Crippen LogP contribution >= 0.6 is 0 Å². The maximum Gasteiger partial charge on any atom is 0.413 e. The van der Waals surface area contributed by atoms with E-state index < -0.39 is 47.3 Å². The summed E-state index contributed by atoms with van der Waals surface area (Å²) < 4.78 is 52.2. The number of ether oxygens (including phenoxy) is 2. The molecule has 1 atom stereocenters. The predicted molar refractivity (Wildman–Crippen MR) is 119 cm³/mol. The van der Waals surface area contributed by atoms with E-state index in [0.717, 1.165) is 29.3 Å². The van der Waals surface area contributed by atoms with Crippen LogP contribution in [0.3, 0.4) is 0 Å². The maximum absolute atomic E-state index is 14.2. The molecule has 0 aliphatic carbocycles. The smallest absolute Gasteiger partial charge is 0.413 e. The Balaban J connectivity index is 1.35. The van der Waals surface area contributed by atoms with Crippen molar-refractivity contribution in [1.82, 2.24) is 14.9 Å². The normalized spacial score (nSPS) is 17.8. The van der Waals surface area contributed by atoms with Crippen LogP contribution in [0, 0.1) is 17.5 Å². The van der Waals surface area contributed by atoms with E-state index in [1.807, 2.05) is 0 Å². The summed E-state index contributed by atoms with van der Waals surface area (Å²) in [6, 6.07) is 4.34. The number of carbonyl (C=O) groups excluding carboxylic acids is 2. The fourth-order valence-corrected chi connectivity index (χ4v) is 3.60. The summed E-state index contributed by atoms with van der Waals surface area (Å²) in [7, 11) is 0. The van der Waals surface area contributed by atoms with Crippen molar-refractivity contribution in [3.63, 3.8) is 0 Å². The Morgan fingerprint density at radius 1 is 1.09 bits per heavy atom. The first kappa shape index (κ1) is 24.3. The van der Waals surface area contributed by atoms with Crippen LogP contribution in [0.15, 0.2) is 35.4 Å². The van der Waals surface area contributed by atoms with Crippen molar-refractivity contribution in [1.29, 1.82) is 0 Å². The molecule has 35 heavy (non-hydrogen) atoms. The van der Waals surface area contributed by atoms with Gasteiger partial charge in [0.25, 0.3) is 5.88 Å². The number of aromatic nitrogens is 1. The van der Waals surface area contributed by atoms with Gasteiger partial charge in [0.2, 0.25) is 0 Å². The van der Waals surface area contributed by atoms with Gasteiger partial charge in [-0.25, -0.2) is 27.8 Å². The number of nitrogens with zero attached hydrogens (tertiary/aromatic N) is 4. The topological polar surface area (TPSA) is 96.4 Å². The Hall–Kier alpha value is -3.83. The Morgan fingerprint density at radius 3 is 2.43 bits per heavy atom. The lowest BCUT2D eigenvalue weighted by atomic mass is 10.0. The zero-order valence-electron chi connectivity index (χ0n) is 19.3. The zero-order chi connectivity index (χ0) is 25.3. The molecule has 0 saturated carbocycles. The van der Waals surface area contributed by atoms with Crippen LogP contribution in [-0.2, 0) is 4.74 Å². The molecule has 0 radical (unpaired) electrons. The molecule has 0 unspecified atom stereocenters. The van der Waals surface area contributed by atoms with Gasteiger partial charge in [-0.15, -0.1) is 0 Å².